The SMILES string of the molecule is Cc1ccc(C)c(NC(=O)C[C@H](CC(=O)O)c2noc(C3CC(CC(C)C)C3)c2C2CC2)c1. The molecule has 178 valence electrons. The van der Waals surface area contributed by atoms with E-state index in [1.807, 2.05) is 32.0 Å². The number of carboxylic acids is 1. The molecule has 2 N–H and O–H groups in total. The van der Waals surface area contributed by atoms with Crippen LogP contribution in [0, 0.1) is 25.7 Å². The second-order valence-electron chi connectivity index (χ2n) is 10.6. The molecule has 1 heterocycles. The number of nitrogens with one attached hydrogen (secondary N) is 1. The van der Waals surface area contributed by atoms with Crippen LogP contribution in [-0.2, 0) is 9.59 Å². The van der Waals surface area contributed by atoms with Crippen molar-refractivity contribution < 1.29 is 19.2 Å². The smallest absolute Gasteiger partial charge is 0.304 e. The zero-order chi connectivity index (χ0) is 23.7. The molecule has 6 heteroatoms. The third-order valence-corrected chi connectivity index (χ3v) is 7.09. The van der Waals surface area contributed by atoms with E-state index in [2.05, 4.69) is 24.3 Å². The lowest BCUT2D eigenvalue weighted by Crippen LogP contribution is -2.24. The van der Waals surface area contributed by atoms with Crippen LogP contribution < -0.4 is 5.32 Å². The summed E-state index contributed by atoms with van der Waals surface area (Å²) in [6, 6.07) is 5.91. The molecule has 0 saturated heterocycles. The zero-order valence-electron chi connectivity index (χ0n) is 20.2. The van der Waals surface area contributed by atoms with Gasteiger partial charge in [-0.2, -0.15) is 0 Å². The number of benzene rings is 1. The molecule has 4 rings (SSSR count). The third kappa shape index (κ3) is 5.66. The van der Waals surface area contributed by atoms with Crippen LogP contribution in [0.1, 0.15) is 105 Å². The molecule has 0 bridgehead atoms. The van der Waals surface area contributed by atoms with Crippen molar-refractivity contribution >= 4 is 17.6 Å². The highest BCUT2D eigenvalue weighted by molar-refractivity contribution is 5.92. The van der Waals surface area contributed by atoms with Gasteiger partial charge in [0.2, 0.25) is 5.91 Å². The highest BCUT2D eigenvalue weighted by Gasteiger charge is 2.42. The average Bonchev–Trinajstić information content (AvgIpc) is 3.44. The number of hydrogen-bond donors (Lipinski definition) is 2. The molecule has 0 spiro atoms. The van der Waals surface area contributed by atoms with Crippen molar-refractivity contribution in [3.63, 3.8) is 0 Å². The molecule has 1 aromatic heterocycles. The minimum atomic E-state index is -0.925. The van der Waals surface area contributed by atoms with E-state index < -0.39 is 11.9 Å². The van der Waals surface area contributed by atoms with E-state index in [0.29, 0.717) is 23.4 Å². The zero-order valence-corrected chi connectivity index (χ0v) is 20.2. The fraction of sp³-hybridized carbons (Fsp3) is 0.593. The summed E-state index contributed by atoms with van der Waals surface area (Å²) in [7, 11) is 0. The van der Waals surface area contributed by atoms with Crippen molar-refractivity contribution in [3.8, 4) is 0 Å². The van der Waals surface area contributed by atoms with E-state index in [0.717, 1.165) is 59.7 Å². The Morgan fingerprint density at radius 2 is 1.88 bits per heavy atom. The number of aryl methyl sites for hydroxylation is 2. The number of carboxylic acid groups (broad SMARTS) is 1. The second kappa shape index (κ2) is 9.70. The molecule has 1 amide bonds. The Morgan fingerprint density at radius 3 is 2.52 bits per heavy atom. The van der Waals surface area contributed by atoms with Gasteiger partial charge in [0.1, 0.15) is 5.76 Å². The van der Waals surface area contributed by atoms with E-state index in [1.165, 1.54) is 6.42 Å². The van der Waals surface area contributed by atoms with Crippen molar-refractivity contribution in [1.82, 2.24) is 5.16 Å². The molecular weight excluding hydrogens is 416 g/mol. The lowest BCUT2D eigenvalue weighted by Gasteiger charge is -2.35. The number of hydrogen-bond acceptors (Lipinski definition) is 4. The summed E-state index contributed by atoms with van der Waals surface area (Å²) in [5, 5.41) is 16.9. The van der Waals surface area contributed by atoms with E-state index in [-0.39, 0.29) is 18.7 Å². The van der Waals surface area contributed by atoms with Gasteiger partial charge in [0.05, 0.1) is 12.1 Å². The summed E-state index contributed by atoms with van der Waals surface area (Å²) in [6.07, 6.45) is 5.57. The number of anilines is 1. The molecule has 0 radical (unpaired) electrons. The fourth-order valence-corrected chi connectivity index (χ4v) is 5.27. The van der Waals surface area contributed by atoms with Crippen LogP contribution in [0.15, 0.2) is 22.7 Å². The first kappa shape index (κ1) is 23.5. The number of nitrogens with zero attached hydrogens (tertiary/aromatic N) is 1. The van der Waals surface area contributed by atoms with Gasteiger partial charge in [-0.1, -0.05) is 31.1 Å². The molecular formula is C27H36N2O4. The van der Waals surface area contributed by atoms with Crippen molar-refractivity contribution in [3.05, 3.63) is 46.3 Å². The normalized spacial score (nSPS) is 21.0. The Morgan fingerprint density at radius 1 is 1.15 bits per heavy atom. The van der Waals surface area contributed by atoms with Crippen molar-refractivity contribution in [2.24, 2.45) is 11.8 Å². The van der Waals surface area contributed by atoms with Gasteiger partial charge in [-0.25, -0.2) is 0 Å². The van der Waals surface area contributed by atoms with Crippen LogP contribution in [0.25, 0.3) is 0 Å². The van der Waals surface area contributed by atoms with Gasteiger partial charge in [0.25, 0.3) is 0 Å². The predicted molar refractivity (Wildman–Crippen MR) is 128 cm³/mol. The Bertz CT molecular complexity index is 1020. The predicted octanol–water partition coefficient (Wildman–Crippen LogP) is 6.30. The molecule has 33 heavy (non-hydrogen) atoms. The van der Waals surface area contributed by atoms with Crippen molar-refractivity contribution in [2.45, 2.75) is 90.4 Å². The molecule has 2 aromatic rings. The number of carbonyl (C=O) groups excluding carboxylic acids is 1. The maximum atomic E-state index is 12.9. The molecule has 2 aliphatic carbocycles. The standard InChI is InChI=1S/C27H36N2O4/c1-15(2)9-18-11-21(12-18)27-25(19-7-8-19)26(29-33-27)20(14-24(31)32)13-23(30)28-22-10-16(3)5-6-17(22)4/h5-6,10,15,18-21H,7-9,11-14H2,1-4H3,(H,28,30)(H,31,32)/t18?,20-,21?/m1/s1. The molecule has 2 fully saturated rings. The van der Waals surface area contributed by atoms with Crippen LogP contribution in [-0.4, -0.2) is 22.1 Å². The van der Waals surface area contributed by atoms with Gasteiger partial charge < -0.3 is 14.9 Å². The molecule has 2 saturated carbocycles. The third-order valence-electron chi connectivity index (χ3n) is 7.09. The topological polar surface area (TPSA) is 92.4 Å². The number of rotatable bonds is 10. The molecule has 0 unspecified atom stereocenters. The molecule has 6 nitrogen and oxygen atoms in total. The Labute approximate surface area is 196 Å². The molecule has 1 aromatic carbocycles. The van der Waals surface area contributed by atoms with Gasteiger partial charge in [0.15, 0.2) is 0 Å². The molecule has 0 aliphatic heterocycles. The monoisotopic (exact) mass is 452 g/mol. The molecule has 2 aliphatic rings. The summed E-state index contributed by atoms with van der Waals surface area (Å²) < 4.78 is 5.88. The first-order valence-corrected chi connectivity index (χ1v) is 12.3. The van der Waals surface area contributed by atoms with Crippen LogP contribution in [0.4, 0.5) is 5.69 Å². The van der Waals surface area contributed by atoms with Gasteiger partial charge in [-0.15, -0.1) is 0 Å². The van der Waals surface area contributed by atoms with E-state index in [9.17, 15) is 14.7 Å². The highest BCUT2D eigenvalue weighted by Crippen LogP contribution is 2.52. The number of aromatic nitrogens is 1. The number of carbonyl (C=O) groups is 2. The summed E-state index contributed by atoms with van der Waals surface area (Å²) in [5.74, 6) is 1.54. The Kier molecular flexibility index (Phi) is 6.91. The van der Waals surface area contributed by atoms with Crippen molar-refractivity contribution in [1.29, 1.82) is 0 Å². The van der Waals surface area contributed by atoms with E-state index in [4.69, 9.17) is 4.52 Å². The molecule has 1 atom stereocenters. The number of amides is 1. The van der Waals surface area contributed by atoms with Gasteiger partial charge in [-0.05, 0) is 80.9 Å². The lowest BCUT2D eigenvalue weighted by molar-refractivity contribution is -0.137. The maximum absolute atomic E-state index is 12.9. The summed E-state index contributed by atoms with van der Waals surface area (Å²) in [4.78, 5) is 24.6. The Balaban J connectivity index is 1.52. The quantitative estimate of drug-likeness (QED) is 0.441. The van der Waals surface area contributed by atoms with Gasteiger partial charge >= 0.3 is 5.97 Å². The van der Waals surface area contributed by atoms with Gasteiger partial charge in [-0.3, -0.25) is 9.59 Å². The van der Waals surface area contributed by atoms with Crippen LogP contribution in [0.5, 0.6) is 0 Å². The minimum Gasteiger partial charge on any atom is -0.481 e. The average molecular weight is 453 g/mol. The summed E-state index contributed by atoms with van der Waals surface area (Å²) in [6.45, 7) is 8.45. The van der Waals surface area contributed by atoms with Crippen LogP contribution >= 0.6 is 0 Å². The van der Waals surface area contributed by atoms with E-state index in [1.54, 1.807) is 0 Å². The maximum Gasteiger partial charge on any atom is 0.304 e. The highest BCUT2D eigenvalue weighted by atomic mass is 16.5. The largest absolute Gasteiger partial charge is 0.481 e. The first-order valence-electron chi connectivity index (χ1n) is 12.3. The first-order chi connectivity index (χ1) is 15.7. The lowest BCUT2D eigenvalue weighted by atomic mass is 9.69. The van der Waals surface area contributed by atoms with Crippen LogP contribution in [0.2, 0.25) is 0 Å². The Hall–Kier alpha value is -2.63. The second-order valence-corrected chi connectivity index (χ2v) is 10.6. The number of aliphatic carboxylic acids is 1. The van der Waals surface area contributed by atoms with E-state index >= 15 is 0 Å². The fourth-order valence-electron chi connectivity index (χ4n) is 5.27. The summed E-state index contributed by atoms with van der Waals surface area (Å²) >= 11 is 0. The van der Waals surface area contributed by atoms with Crippen molar-refractivity contribution in [2.75, 3.05) is 5.32 Å². The van der Waals surface area contributed by atoms with Gasteiger partial charge in [0, 0.05) is 29.5 Å². The summed E-state index contributed by atoms with van der Waals surface area (Å²) in [5.41, 5.74) is 4.61. The minimum absolute atomic E-state index is 0.0754. The van der Waals surface area contributed by atoms with Crippen LogP contribution in [0.3, 0.4) is 0 Å².